The van der Waals surface area contributed by atoms with Crippen LogP contribution in [0.3, 0.4) is 0 Å². The van der Waals surface area contributed by atoms with E-state index in [2.05, 4.69) is 60.9 Å². The number of ether oxygens (including phenoxy) is 1. The maximum Gasteiger partial charge on any atom is 0.191 e. The Kier molecular flexibility index (Phi) is 8.56. The monoisotopic (exact) mass is 547 g/mol. The third-order valence-electron chi connectivity index (χ3n) is 5.08. The molecule has 0 radical (unpaired) electrons. The standard InChI is InChI=1S/C19H26BrN5O.HI/c1-21-18(22-13-17-7-10-24-25(17)2)23-14-19(8-11-26-12-9-19)15-3-5-16(20)6-4-15;/h3-7,10H,8-9,11-14H2,1-2H3,(H2,21,22,23);1H. The highest BCUT2D eigenvalue weighted by Crippen LogP contribution is 2.34. The van der Waals surface area contributed by atoms with Crippen LogP contribution in [0.2, 0.25) is 0 Å². The second kappa shape index (κ2) is 10.4. The minimum Gasteiger partial charge on any atom is -0.381 e. The van der Waals surface area contributed by atoms with Crippen molar-refractivity contribution in [2.45, 2.75) is 24.8 Å². The minimum absolute atomic E-state index is 0. The first-order valence-electron chi connectivity index (χ1n) is 8.88. The van der Waals surface area contributed by atoms with Gasteiger partial charge in [-0.3, -0.25) is 9.67 Å². The summed E-state index contributed by atoms with van der Waals surface area (Å²) in [5.74, 6) is 0.800. The number of nitrogens with one attached hydrogen (secondary N) is 2. The highest BCUT2D eigenvalue weighted by atomic mass is 127. The van der Waals surface area contributed by atoms with Crippen molar-refractivity contribution in [3.8, 4) is 0 Å². The summed E-state index contributed by atoms with van der Waals surface area (Å²) in [6.07, 6.45) is 3.80. The van der Waals surface area contributed by atoms with Crippen molar-refractivity contribution in [3.05, 3.63) is 52.3 Å². The lowest BCUT2D eigenvalue weighted by Crippen LogP contribution is -2.48. The van der Waals surface area contributed by atoms with Crippen LogP contribution in [0.5, 0.6) is 0 Å². The van der Waals surface area contributed by atoms with Gasteiger partial charge in [0.2, 0.25) is 0 Å². The molecule has 0 bridgehead atoms. The smallest absolute Gasteiger partial charge is 0.191 e. The Balaban J connectivity index is 0.00000261. The van der Waals surface area contributed by atoms with Crippen molar-refractivity contribution in [1.82, 2.24) is 20.4 Å². The first-order chi connectivity index (χ1) is 12.6. The molecule has 2 heterocycles. The molecule has 148 valence electrons. The van der Waals surface area contributed by atoms with E-state index < -0.39 is 0 Å². The van der Waals surface area contributed by atoms with E-state index in [0.717, 1.165) is 48.7 Å². The summed E-state index contributed by atoms with van der Waals surface area (Å²) in [7, 11) is 3.74. The lowest BCUT2D eigenvalue weighted by atomic mass is 9.74. The van der Waals surface area contributed by atoms with Crippen LogP contribution in [0.1, 0.15) is 24.1 Å². The van der Waals surface area contributed by atoms with E-state index in [1.165, 1.54) is 5.56 Å². The molecule has 0 amide bonds. The number of benzene rings is 1. The molecule has 0 unspecified atom stereocenters. The van der Waals surface area contributed by atoms with Gasteiger partial charge in [-0.1, -0.05) is 28.1 Å². The molecule has 1 aromatic heterocycles. The number of rotatable bonds is 5. The summed E-state index contributed by atoms with van der Waals surface area (Å²) in [5, 5.41) is 11.1. The number of nitrogens with zero attached hydrogens (tertiary/aromatic N) is 3. The second-order valence-corrected chi connectivity index (χ2v) is 7.54. The number of aryl methyl sites for hydroxylation is 1. The molecule has 1 fully saturated rings. The first-order valence-corrected chi connectivity index (χ1v) is 9.67. The van der Waals surface area contributed by atoms with E-state index in [0.29, 0.717) is 6.54 Å². The topological polar surface area (TPSA) is 63.5 Å². The van der Waals surface area contributed by atoms with E-state index >= 15 is 0 Å². The molecule has 1 aliphatic rings. The maximum absolute atomic E-state index is 5.62. The zero-order chi connectivity index (χ0) is 18.4. The van der Waals surface area contributed by atoms with Gasteiger partial charge in [0.1, 0.15) is 0 Å². The van der Waals surface area contributed by atoms with Crippen LogP contribution in [0, 0.1) is 0 Å². The van der Waals surface area contributed by atoms with E-state index in [9.17, 15) is 0 Å². The van der Waals surface area contributed by atoms with Gasteiger partial charge in [0.25, 0.3) is 0 Å². The van der Waals surface area contributed by atoms with Crippen LogP contribution in [0.15, 0.2) is 46.0 Å². The Morgan fingerprint density at radius 3 is 2.52 bits per heavy atom. The number of halogens is 2. The third-order valence-corrected chi connectivity index (χ3v) is 5.61. The number of hydrogen-bond donors (Lipinski definition) is 2. The largest absolute Gasteiger partial charge is 0.381 e. The summed E-state index contributed by atoms with van der Waals surface area (Å²) in [4.78, 5) is 4.37. The Bertz CT molecular complexity index is 741. The van der Waals surface area contributed by atoms with Crippen molar-refractivity contribution < 1.29 is 4.74 Å². The van der Waals surface area contributed by atoms with E-state index in [1.807, 2.05) is 17.8 Å². The Morgan fingerprint density at radius 1 is 1.22 bits per heavy atom. The third kappa shape index (κ3) is 5.68. The fourth-order valence-corrected chi connectivity index (χ4v) is 3.62. The number of aliphatic imine (C=N–C) groups is 1. The Labute approximate surface area is 186 Å². The average molecular weight is 548 g/mol. The van der Waals surface area contributed by atoms with Crippen molar-refractivity contribution in [3.63, 3.8) is 0 Å². The van der Waals surface area contributed by atoms with Crippen molar-refractivity contribution in [1.29, 1.82) is 0 Å². The fourth-order valence-electron chi connectivity index (χ4n) is 3.36. The lowest BCUT2D eigenvalue weighted by Gasteiger charge is -2.38. The van der Waals surface area contributed by atoms with Crippen LogP contribution in [-0.4, -0.2) is 42.5 Å². The molecule has 2 aromatic rings. The SMILES string of the molecule is CN=C(NCc1ccnn1C)NCC1(c2ccc(Br)cc2)CCOCC1.I. The normalized spacial score (nSPS) is 16.5. The fraction of sp³-hybridized carbons (Fsp3) is 0.474. The van der Waals surface area contributed by atoms with Crippen LogP contribution >= 0.6 is 39.9 Å². The summed E-state index contributed by atoms with van der Waals surface area (Å²) >= 11 is 3.53. The van der Waals surface area contributed by atoms with Gasteiger partial charge in [-0.15, -0.1) is 24.0 Å². The molecule has 2 N–H and O–H groups in total. The van der Waals surface area contributed by atoms with Crippen LogP contribution in [-0.2, 0) is 23.7 Å². The number of aromatic nitrogens is 2. The van der Waals surface area contributed by atoms with Crippen molar-refractivity contribution in [2.24, 2.45) is 12.0 Å². The van der Waals surface area contributed by atoms with Gasteiger partial charge in [0, 0.05) is 49.9 Å². The van der Waals surface area contributed by atoms with E-state index in [1.54, 1.807) is 13.2 Å². The highest BCUT2D eigenvalue weighted by Gasteiger charge is 2.34. The van der Waals surface area contributed by atoms with Crippen molar-refractivity contribution in [2.75, 3.05) is 26.8 Å². The zero-order valence-corrected chi connectivity index (χ0v) is 19.7. The summed E-state index contributed by atoms with van der Waals surface area (Å²) in [6.45, 7) is 3.09. The van der Waals surface area contributed by atoms with E-state index in [-0.39, 0.29) is 29.4 Å². The van der Waals surface area contributed by atoms with Gasteiger partial charge < -0.3 is 15.4 Å². The molecule has 0 spiro atoms. The predicted molar refractivity (Wildman–Crippen MR) is 123 cm³/mol. The molecular weight excluding hydrogens is 521 g/mol. The molecule has 6 nitrogen and oxygen atoms in total. The van der Waals surface area contributed by atoms with Gasteiger partial charge in [-0.2, -0.15) is 5.10 Å². The maximum atomic E-state index is 5.62. The van der Waals surface area contributed by atoms with Crippen LogP contribution in [0.4, 0.5) is 0 Å². The Hall–Kier alpha value is -1.13. The van der Waals surface area contributed by atoms with Crippen LogP contribution < -0.4 is 10.6 Å². The van der Waals surface area contributed by atoms with E-state index in [4.69, 9.17) is 4.74 Å². The molecule has 8 heteroatoms. The predicted octanol–water partition coefficient (Wildman–Crippen LogP) is 3.21. The summed E-state index contributed by atoms with van der Waals surface area (Å²) < 4.78 is 8.59. The van der Waals surface area contributed by atoms with Crippen LogP contribution in [0.25, 0.3) is 0 Å². The van der Waals surface area contributed by atoms with Gasteiger partial charge in [0.05, 0.1) is 12.2 Å². The molecule has 0 atom stereocenters. The number of guanidine groups is 1. The Morgan fingerprint density at radius 2 is 1.93 bits per heavy atom. The lowest BCUT2D eigenvalue weighted by molar-refractivity contribution is 0.0514. The quantitative estimate of drug-likeness (QED) is 0.343. The average Bonchev–Trinajstić information content (AvgIpc) is 3.08. The molecule has 0 saturated carbocycles. The molecule has 27 heavy (non-hydrogen) atoms. The molecule has 1 aliphatic heterocycles. The van der Waals surface area contributed by atoms with Crippen molar-refractivity contribution >= 4 is 45.9 Å². The van der Waals surface area contributed by atoms with Gasteiger partial charge in [-0.25, -0.2) is 0 Å². The number of hydrogen-bond acceptors (Lipinski definition) is 3. The summed E-state index contributed by atoms with van der Waals surface area (Å²) in [5.41, 5.74) is 2.52. The van der Waals surface area contributed by atoms with Gasteiger partial charge in [-0.05, 0) is 36.6 Å². The molecule has 1 saturated heterocycles. The summed E-state index contributed by atoms with van der Waals surface area (Å²) in [6, 6.07) is 10.7. The molecular formula is C19H27BrIN5O. The molecule has 0 aliphatic carbocycles. The van der Waals surface area contributed by atoms with Gasteiger partial charge in [0.15, 0.2) is 5.96 Å². The molecule has 1 aromatic carbocycles. The first kappa shape index (κ1) is 22.2. The second-order valence-electron chi connectivity index (χ2n) is 6.63. The minimum atomic E-state index is 0. The highest BCUT2D eigenvalue weighted by molar-refractivity contribution is 14.0. The van der Waals surface area contributed by atoms with Gasteiger partial charge >= 0.3 is 0 Å². The molecule has 3 rings (SSSR count). The zero-order valence-electron chi connectivity index (χ0n) is 15.7.